The average molecular weight is 344 g/mol. The van der Waals surface area contributed by atoms with E-state index in [1.807, 2.05) is 29.2 Å². The van der Waals surface area contributed by atoms with Crippen LogP contribution in [0.3, 0.4) is 0 Å². The highest BCUT2D eigenvalue weighted by Crippen LogP contribution is 2.20. The Bertz CT molecular complexity index is 699. The van der Waals surface area contributed by atoms with E-state index in [1.54, 1.807) is 7.11 Å². The molecular weight excluding hydrogens is 320 g/mol. The van der Waals surface area contributed by atoms with E-state index in [2.05, 4.69) is 10.1 Å². The highest BCUT2D eigenvalue weighted by atomic mass is 16.5. The fourth-order valence-electron chi connectivity index (χ4n) is 3.01. The molecule has 25 heavy (non-hydrogen) atoms. The largest absolute Gasteiger partial charge is 0.497 e. The zero-order chi connectivity index (χ0) is 17.6. The normalized spacial score (nSPS) is 17.0. The second-order valence-electron chi connectivity index (χ2n) is 6.32. The monoisotopic (exact) mass is 344 g/mol. The van der Waals surface area contributed by atoms with Crippen LogP contribution in [-0.4, -0.2) is 47.7 Å². The van der Waals surface area contributed by atoms with Gasteiger partial charge < -0.3 is 19.9 Å². The van der Waals surface area contributed by atoms with Gasteiger partial charge in [-0.3, -0.25) is 4.79 Å². The highest BCUT2D eigenvalue weighted by molar-refractivity contribution is 5.76. The maximum Gasteiger partial charge on any atom is 0.226 e. The summed E-state index contributed by atoms with van der Waals surface area (Å²) in [6.07, 6.45) is 2.81. The molecule has 7 heteroatoms. The van der Waals surface area contributed by atoms with Gasteiger partial charge >= 0.3 is 0 Å². The summed E-state index contributed by atoms with van der Waals surface area (Å²) in [7, 11) is 1.63. The minimum absolute atomic E-state index is 0.186. The summed E-state index contributed by atoms with van der Waals surface area (Å²) in [6, 6.07) is 7.49. The Morgan fingerprint density at radius 3 is 2.88 bits per heavy atom. The Morgan fingerprint density at radius 2 is 2.20 bits per heavy atom. The molecular formula is C18H24N4O3. The smallest absolute Gasteiger partial charge is 0.226 e. The standard InChI is InChI=1S/C18H24N4O3/c1-24-15-7-5-14(6-8-15)18-20-16(25-21-18)3-2-4-17(23)22-10-9-13(11-19)12-22/h5-8,13H,2-4,9-12,19H2,1H3. The molecule has 134 valence electrons. The van der Waals surface area contributed by atoms with Crippen LogP contribution < -0.4 is 10.5 Å². The molecule has 1 unspecified atom stereocenters. The van der Waals surface area contributed by atoms with Gasteiger partial charge in [0.2, 0.25) is 17.6 Å². The third-order valence-corrected chi connectivity index (χ3v) is 4.57. The molecule has 7 nitrogen and oxygen atoms in total. The molecule has 0 radical (unpaired) electrons. The molecule has 1 aliphatic heterocycles. The molecule has 2 N–H and O–H groups in total. The fraction of sp³-hybridized carbons (Fsp3) is 0.500. The number of carbonyl (C=O) groups excluding carboxylic acids is 1. The van der Waals surface area contributed by atoms with Crippen LogP contribution in [0.25, 0.3) is 11.4 Å². The van der Waals surface area contributed by atoms with Crippen molar-refractivity contribution in [3.8, 4) is 17.1 Å². The van der Waals surface area contributed by atoms with Gasteiger partial charge in [0.1, 0.15) is 5.75 Å². The minimum Gasteiger partial charge on any atom is -0.497 e. The van der Waals surface area contributed by atoms with Crippen LogP contribution in [0.15, 0.2) is 28.8 Å². The Hall–Kier alpha value is -2.41. The van der Waals surface area contributed by atoms with Crippen LogP contribution in [0.2, 0.25) is 0 Å². The molecule has 0 bridgehead atoms. The Labute approximate surface area is 147 Å². The number of benzene rings is 1. The van der Waals surface area contributed by atoms with Crippen molar-refractivity contribution in [2.45, 2.75) is 25.7 Å². The van der Waals surface area contributed by atoms with Crippen molar-refractivity contribution in [2.75, 3.05) is 26.7 Å². The van der Waals surface area contributed by atoms with Gasteiger partial charge in [-0.1, -0.05) is 5.16 Å². The van der Waals surface area contributed by atoms with E-state index in [0.29, 0.717) is 43.4 Å². The number of nitrogens with two attached hydrogens (primary N) is 1. The summed E-state index contributed by atoms with van der Waals surface area (Å²) < 4.78 is 10.4. The molecule has 2 heterocycles. The van der Waals surface area contributed by atoms with Crippen molar-refractivity contribution in [3.05, 3.63) is 30.2 Å². The summed E-state index contributed by atoms with van der Waals surface area (Å²) in [5.41, 5.74) is 6.54. The lowest BCUT2D eigenvalue weighted by Gasteiger charge is -2.15. The first kappa shape index (κ1) is 17.4. The summed E-state index contributed by atoms with van der Waals surface area (Å²) in [5.74, 6) is 2.52. The first-order valence-corrected chi connectivity index (χ1v) is 8.64. The zero-order valence-electron chi connectivity index (χ0n) is 14.5. The number of amides is 1. The number of aryl methyl sites for hydroxylation is 1. The summed E-state index contributed by atoms with van der Waals surface area (Å²) in [4.78, 5) is 18.5. The van der Waals surface area contributed by atoms with E-state index >= 15 is 0 Å². The van der Waals surface area contributed by atoms with Crippen LogP contribution in [-0.2, 0) is 11.2 Å². The van der Waals surface area contributed by atoms with Gasteiger partial charge in [0, 0.05) is 31.5 Å². The third-order valence-electron chi connectivity index (χ3n) is 4.57. The molecule has 1 aliphatic rings. The third kappa shape index (κ3) is 4.36. The second kappa shape index (κ2) is 8.11. The van der Waals surface area contributed by atoms with Crippen molar-refractivity contribution in [3.63, 3.8) is 0 Å². The summed E-state index contributed by atoms with van der Waals surface area (Å²) >= 11 is 0. The van der Waals surface area contributed by atoms with E-state index in [1.165, 1.54) is 0 Å². The van der Waals surface area contributed by atoms with E-state index < -0.39 is 0 Å². The molecule has 1 atom stereocenters. The quantitative estimate of drug-likeness (QED) is 0.824. The zero-order valence-corrected chi connectivity index (χ0v) is 14.5. The average Bonchev–Trinajstić information content (AvgIpc) is 3.31. The summed E-state index contributed by atoms with van der Waals surface area (Å²) in [5, 5.41) is 4.00. The van der Waals surface area contributed by atoms with E-state index in [-0.39, 0.29) is 5.91 Å². The molecule has 0 saturated carbocycles. The molecule has 1 aromatic carbocycles. The first-order chi connectivity index (χ1) is 12.2. The van der Waals surface area contributed by atoms with Crippen LogP contribution in [0.4, 0.5) is 0 Å². The van der Waals surface area contributed by atoms with Crippen molar-refractivity contribution in [1.82, 2.24) is 15.0 Å². The van der Waals surface area contributed by atoms with Gasteiger partial charge in [0.15, 0.2) is 0 Å². The number of aromatic nitrogens is 2. The van der Waals surface area contributed by atoms with Crippen molar-refractivity contribution in [2.24, 2.45) is 11.7 Å². The molecule has 1 fully saturated rings. The molecule has 0 spiro atoms. The predicted molar refractivity (Wildman–Crippen MR) is 93.0 cm³/mol. The summed E-state index contributed by atoms with van der Waals surface area (Å²) in [6.45, 7) is 2.26. The van der Waals surface area contributed by atoms with Crippen LogP contribution in [0.1, 0.15) is 25.2 Å². The number of ether oxygens (including phenoxy) is 1. The van der Waals surface area contributed by atoms with Crippen LogP contribution >= 0.6 is 0 Å². The van der Waals surface area contributed by atoms with Crippen molar-refractivity contribution < 1.29 is 14.1 Å². The number of rotatable bonds is 7. The van der Waals surface area contributed by atoms with E-state index in [4.69, 9.17) is 15.0 Å². The molecule has 1 aromatic heterocycles. The van der Waals surface area contributed by atoms with Crippen molar-refractivity contribution in [1.29, 1.82) is 0 Å². The molecule has 1 saturated heterocycles. The predicted octanol–water partition coefficient (Wildman–Crippen LogP) is 1.88. The SMILES string of the molecule is COc1ccc(-c2noc(CCCC(=O)N3CCC(CN)C3)n2)cc1. The number of nitrogens with zero attached hydrogens (tertiary/aromatic N) is 3. The van der Waals surface area contributed by atoms with Gasteiger partial charge in [-0.2, -0.15) is 4.98 Å². The maximum atomic E-state index is 12.2. The lowest BCUT2D eigenvalue weighted by atomic mass is 10.1. The van der Waals surface area contributed by atoms with Crippen molar-refractivity contribution >= 4 is 5.91 Å². The van der Waals surface area contributed by atoms with Crippen LogP contribution in [0, 0.1) is 5.92 Å². The Balaban J connectivity index is 1.47. The molecule has 3 rings (SSSR count). The van der Waals surface area contributed by atoms with Gasteiger partial charge in [-0.05, 0) is 49.6 Å². The minimum atomic E-state index is 0.186. The molecule has 1 amide bonds. The lowest BCUT2D eigenvalue weighted by molar-refractivity contribution is -0.130. The van der Waals surface area contributed by atoms with E-state index in [9.17, 15) is 4.79 Å². The number of hydrogen-bond donors (Lipinski definition) is 1. The second-order valence-corrected chi connectivity index (χ2v) is 6.32. The van der Waals surface area contributed by atoms with Gasteiger partial charge in [0.05, 0.1) is 7.11 Å². The Morgan fingerprint density at radius 1 is 1.40 bits per heavy atom. The topological polar surface area (TPSA) is 94.5 Å². The Kier molecular flexibility index (Phi) is 5.65. The fourth-order valence-corrected chi connectivity index (χ4v) is 3.01. The van der Waals surface area contributed by atoms with E-state index in [0.717, 1.165) is 30.8 Å². The van der Waals surface area contributed by atoms with Gasteiger partial charge in [-0.25, -0.2) is 0 Å². The lowest BCUT2D eigenvalue weighted by Crippen LogP contribution is -2.29. The van der Waals surface area contributed by atoms with Crippen LogP contribution in [0.5, 0.6) is 5.75 Å². The number of carbonyl (C=O) groups is 1. The van der Waals surface area contributed by atoms with Gasteiger partial charge in [-0.15, -0.1) is 0 Å². The molecule has 2 aromatic rings. The number of methoxy groups -OCH3 is 1. The number of hydrogen-bond acceptors (Lipinski definition) is 6. The number of likely N-dealkylation sites (tertiary alicyclic amines) is 1. The maximum absolute atomic E-state index is 12.2. The molecule has 0 aliphatic carbocycles. The van der Waals surface area contributed by atoms with Gasteiger partial charge in [0.25, 0.3) is 0 Å². The first-order valence-electron chi connectivity index (χ1n) is 8.64. The highest BCUT2D eigenvalue weighted by Gasteiger charge is 2.24.